The first kappa shape index (κ1) is 21.9. The summed E-state index contributed by atoms with van der Waals surface area (Å²) in [7, 11) is 0. The molecule has 4 rings (SSSR count). The number of carbonyl (C=O) groups is 1. The van der Waals surface area contributed by atoms with Crippen LogP contribution in [0, 0.1) is 13.8 Å². The predicted molar refractivity (Wildman–Crippen MR) is 127 cm³/mol. The summed E-state index contributed by atoms with van der Waals surface area (Å²) >= 11 is 12.4. The maximum atomic E-state index is 12.4. The van der Waals surface area contributed by atoms with Gasteiger partial charge in [-0.3, -0.25) is 4.79 Å². The smallest absolute Gasteiger partial charge is 0.336 e. The van der Waals surface area contributed by atoms with Crippen molar-refractivity contribution in [2.24, 2.45) is 0 Å². The lowest BCUT2D eigenvalue weighted by atomic mass is 9.88. The molecule has 0 saturated carbocycles. The average molecular weight is 469 g/mol. The molecule has 2 aromatic carbocycles. The molecule has 0 amide bonds. The van der Waals surface area contributed by atoms with Gasteiger partial charge in [0.15, 0.2) is 5.43 Å². The SMILES string of the molecule is C=CCc1c(O)c(C)cc2c(-c3cc(Cl)c(Cl)cc3C(=O)O)c3cc(C)c(=O)cc-3oc12. The number of phenolic OH excluding ortho intramolecular Hbond substituents is 1. The summed E-state index contributed by atoms with van der Waals surface area (Å²) in [5.41, 5.74) is 3.01. The summed E-state index contributed by atoms with van der Waals surface area (Å²) in [6.07, 6.45) is 1.94. The van der Waals surface area contributed by atoms with E-state index in [4.69, 9.17) is 27.6 Å². The van der Waals surface area contributed by atoms with Gasteiger partial charge in [-0.15, -0.1) is 6.58 Å². The van der Waals surface area contributed by atoms with Gasteiger partial charge in [0.25, 0.3) is 0 Å². The largest absolute Gasteiger partial charge is 0.507 e. The van der Waals surface area contributed by atoms with Gasteiger partial charge in [-0.05, 0) is 61.2 Å². The minimum atomic E-state index is -1.18. The molecule has 1 aliphatic heterocycles. The van der Waals surface area contributed by atoms with Gasteiger partial charge < -0.3 is 14.6 Å². The van der Waals surface area contributed by atoms with Gasteiger partial charge in [-0.2, -0.15) is 0 Å². The second-order valence-corrected chi connectivity index (χ2v) is 8.41. The molecule has 1 heterocycles. The van der Waals surface area contributed by atoms with E-state index in [0.717, 1.165) is 0 Å². The Bertz CT molecular complexity index is 1470. The zero-order valence-corrected chi connectivity index (χ0v) is 18.8. The third kappa shape index (κ3) is 3.44. The van der Waals surface area contributed by atoms with Crippen LogP contribution in [0.15, 0.2) is 52.2 Å². The first-order valence-electron chi connectivity index (χ1n) is 9.70. The van der Waals surface area contributed by atoms with Gasteiger partial charge in [0.2, 0.25) is 0 Å². The minimum Gasteiger partial charge on any atom is -0.507 e. The Morgan fingerprint density at radius 2 is 1.75 bits per heavy atom. The molecule has 2 N–H and O–H groups in total. The second-order valence-electron chi connectivity index (χ2n) is 7.60. The number of halogens is 2. The first-order valence-corrected chi connectivity index (χ1v) is 10.5. The van der Waals surface area contributed by atoms with E-state index in [2.05, 4.69) is 6.58 Å². The molecular formula is C25H18Cl2O5. The Labute approximate surface area is 193 Å². The molecule has 2 aliphatic rings. The average Bonchev–Trinajstić information content (AvgIpc) is 2.73. The van der Waals surface area contributed by atoms with E-state index in [-0.39, 0.29) is 32.5 Å². The maximum Gasteiger partial charge on any atom is 0.336 e. The molecule has 0 saturated heterocycles. The topological polar surface area (TPSA) is 87.7 Å². The van der Waals surface area contributed by atoms with Crippen LogP contribution in [-0.2, 0) is 6.42 Å². The van der Waals surface area contributed by atoms with E-state index in [9.17, 15) is 19.8 Å². The molecule has 0 spiro atoms. The Morgan fingerprint density at radius 3 is 2.41 bits per heavy atom. The van der Waals surface area contributed by atoms with Gasteiger partial charge in [0.1, 0.15) is 17.1 Å². The number of allylic oxidation sites excluding steroid dienone is 1. The number of hydrogen-bond donors (Lipinski definition) is 2. The summed E-state index contributed by atoms with van der Waals surface area (Å²) in [6.45, 7) is 7.17. The Balaban J connectivity index is 2.32. The third-order valence-electron chi connectivity index (χ3n) is 5.48. The summed E-state index contributed by atoms with van der Waals surface area (Å²) < 4.78 is 6.10. The van der Waals surface area contributed by atoms with Crippen LogP contribution in [0.5, 0.6) is 5.75 Å². The zero-order valence-electron chi connectivity index (χ0n) is 17.3. The van der Waals surface area contributed by atoms with Crippen molar-refractivity contribution >= 4 is 40.1 Å². The number of carboxylic acid groups (broad SMARTS) is 1. The monoisotopic (exact) mass is 468 g/mol. The molecule has 32 heavy (non-hydrogen) atoms. The highest BCUT2D eigenvalue weighted by Gasteiger charge is 2.26. The molecule has 162 valence electrons. The van der Waals surface area contributed by atoms with Gasteiger partial charge in [-0.25, -0.2) is 4.79 Å². The quantitative estimate of drug-likeness (QED) is 0.259. The fraction of sp³-hybridized carbons (Fsp3) is 0.120. The highest BCUT2D eigenvalue weighted by molar-refractivity contribution is 6.42. The number of carboxylic acids is 1. The molecule has 7 heteroatoms. The normalized spacial score (nSPS) is 11.2. The number of aromatic carboxylic acids is 1. The molecule has 0 atom stereocenters. The number of fused-ring (bicyclic) bond motifs is 2. The van der Waals surface area contributed by atoms with E-state index in [1.165, 1.54) is 18.2 Å². The lowest BCUT2D eigenvalue weighted by Crippen LogP contribution is -2.07. The standard InChI is InChI=1S/C25H18Cl2O5/c1-4-5-13-23(29)12(3)7-17-22(14-8-18(26)19(27)9-15(14)25(30)31)16-6-11(2)20(28)10-21(16)32-24(13)17/h4,6-10,29H,1,5H2,2-3H3,(H,30,31). The van der Waals surface area contributed by atoms with Crippen LogP contribution in [0.2, 0.25) is 10.0 Å². The van der Waals surface area contributed by atoms with Gasteiger partial charge in [-0.1, -0.05) is 29.3 Å². The molecule has 5 nitrogen and oxygen atoms in total. The first-order chi connectivity index (χ1) is 15.1. The van der Waals surface area contributed by atoms with Crippen LogP contribution in [0.4, 0.5) is 0 Å². The van der Waals surface area contributed by atoms with Crippen molar-refractivity contribution < 1.29 is 19.4 Å². The Morgan fingerprint density at radius 1 is 1.06 bits per heavy atom. The van der Waals surface area contributed by atoms with Crippen LogP contribution in [-0.4, -0.2) is 16.2 Å². The second kappa shape index (κ2) is 8.01. The van der Waals surface area contributed by atoms with Crippen LogP contribution in [0.3, 0.4) is 0 Å². The van der Waals surface area contributed by atoms with Gasteiger partial charge >= 0.3 is 5.97 Å². The third-order valence-corrected chi connectivity index (χ3v) is 6.20. The minimum absolute atomic E-state index is 0.0481. The fourth-order valence-electron chi connectivity index (χ4n) is 3.92. The highest BCUT2D eigenvalue weighted by atomic mass is 35.5. The Hall–Kier alpha value is -3.28. The molecule has 1 aliphatic carbocycles. The Kier molecular flexibility index (Phi) is 5.49. The molecule has 0 fully saturated rings. The van der Waals surface area contributed by atoms with Crippen molar-refractivity contribution in [2.45, 2.75) is 20.3 Å². The summed E-state index contributed by atoms with van der Waals surface area (Å²) in [5, 5.41) is 21.4. The number of aryl methyl sites for hydroxylation is 2. The van der Waals surface area contributed by atoms with Crippen LogP contribution in [0.25, 0.3) is 33.4 Å². The molecule has 0 unspecified atom stereocenters. The number of hydrogen-bond acceptors (Lipinski definition) is 4. The number of aromatic hydroxyl groups is 1. The van der Waals surface area contributed by atoms with E-state index in [1.54, 1.807) is 32.1 Å². The molecular weight excluding hydrogens is 451 g/mol. The molecule has 2 aromatic rings. The number of benzene rings is 3. The van der Waals surface area contributed by atoms with Crippen molar-refractivity contribution in [3.8, 4) is 28.2 Å². The lowest BCUT2D eigenvalue weighted by Gasteiger charge is -2.20. The predicted octanol–water partition coefficient (Wildman–Crippen LogP) is 6.62. The van der Waals surface area contributed by atoms with Crippen molar-refractivity contribution in [3.63, 3.8) is 0 Å². The molecule has 0 bridgehead atoms. The van der Waals surface area contributed by atoms with Crippen molar-refractivity contribution in [2.75, 3.05) is 0 Å². The summed E-state index contributed by atoms with van der Waals surface area (Å²) in [4.78, 5) is 24.5. The van der Waals surface area contributed by atoms with E-state index < -0.39 is 5.97 Å². The highest BCUT2D eigenvalue weighted by Crippen LogP contribution is 2.46. The van der Waals surface area contributed by atoms with Crippen LogP contribution in [0.1, 0.15) is 27.0 Å². The van der Waals surface area contributed by atoms with Gasteiger partial charge in [0, 0.05) is 28.1 Å². The van der Waals surface area contributed by atoms with Crippen molar-refractivity contribution in [1.82, 2.24) is 0 Å². The van der Waals surface area contributed by atoms with Gasteiger partial charge in [0.05, 0.1) is 15.6 Å². The fourth-order valence-corrected chi connectivity index (χ4v) is 4.25. The van der Waals surface area contributed by atoms with Crippen LogP contribution >= 0.6 is 23.2 Å². The lowest BCUT2D eigenvalue weighted by molar-refractivity contribution is 0.0697. The summed E-state index contributed by atoms with van der Waals surface area (Å²) in [6, 6.07) is 7.55. The number of rotatable bonds is 4. The van der Waals surface area contributed by atoms with E-state index in [0.29, 0.717) is 50.8 Å². The molecule has 0 radical (unpaired) electrons. The zero-order chi connectivity index (χ0) is 23.3. The summed E-state index contributed by atoms with van der Waals surface area (Å²) in [5.74, 6) is -0.868. The maximum absolute atomic E-state index is 12.4. The number of phenols is 1. The van der Waals surface area contributed by atoms with E-state index >= 15 is 0 Å². The molecule has 0 aromatic heterocycles. The van der Waals surface area contributed by atoms with E-state index in [1.807, 2.05) is 0 Å². The van der Waals surface area contributed by atoms with Crippen LogP contribution < -0.4 is 5.43 Å². The van der Waals surface area contributed by atoms with Crippen molar-refractivity contribution in [3.05, 3.63) is 85.5 Å². The van der Waals surface area contributed by atoms with Crippen molar-refractivity contribution in [1.29, 1.82) is 0 Å².